The molecule has 1 heterocycles. The number of hydrogen-bond acceptors (Lipinski definition) is 1. The van der Waals surface area contributed by atoms with E-state index in [-0.39, 0.29) is 0 Å². The van der Waals surface area contributed by atoms with Gasteiger partial charge in [0.25, 0.3) is 0 Å². The fourth-order valence-electron chi connectivity index (χ4n) is 4.66. The van der Waals surface area contributed by atoms with Crippen molar-refractivity contribution in [3.05, 3.63) is 29.3 Å². The highest BCUT2D eigenvalue weighted by atomic mass is 14.9. The van der Waals surface area contributed by atoms with Gasteiger partial charge in [-0.25, -0.2) is 0 Å². The largest absolute Gasteiger partial charge is 0.385 e. The molecule has 3 unspecified atom stereocenters. The first-order chi connectivity index (χ1) is 8.90. The van der Waals surface area contributed by atoms with Crippen LogP contribution in [0.3, 0.4) is 0 Å². The molecule has 0 saturated heterocycles. The molecule has 96 valence electrons. The third-order valence-electron chi connectivity index (χ3n) is 5.53. The number of fused-ring (bicyclic) bond motifs is 3. The first kappa shape index (κ1) is 10.9. The van der Waals surface area contributed by atoms with Gasteiger partial charge in [-0.2, -0.15) is 0 Å². The number of nitrogens with one attached hydrogen (secondary N) is 1. The van der Waals surface area contributed by atoms with Gasteiger partial charge >= 0.3 is 0 Å². The summed E-state index contributed by atoms with van der Waals surface area (Å²) in [6.45, 7) is 1.17. The summed E-state index contributed by atoms with van der Waals surface area (Å²) in [7, 11) is 0. The van der Waals surface area contributed by atoms with Gasteiger partial charge in [-0.1, -0.05) is 24.6 Å². The maximum absolute atomic E-state index is 3.65. The maximum Gasteiger partial charge on any atom is 0.0405 e. The molecule has 2 bridgehead atoms. The molecule has 0 amide bonds. The summed E-state index contributed by atoms with van der Waals surface area (Å²) in [5.74, 6) is 3.11. The smallest absolute Gasteiger partial charge is 0.0405 e. The lowest BCUT2D eigenvalue weighted by Crippen LogP contribution is -2.17. The van der Waals surface area contributed by atoms with E-state index in [1.54, 1.807) is 11.1 Å². The fraction of sp³-hybridized carbons (Fsp3) is 0.647. The van der Waals surface area contributed by atoms with Crippen LogP contribution in [0.5, 0.6) is 0 Å². The average molecular weight is 241 g/mol. The van der Waals surface area contributed by atoms with E-state index in [0.29, 0.717) is 0 Å². The Kier molecular flexibility index (Phi) is 2.60. The highest BCUT2D eigenvalue weighted by Gasteiger charge is 2.39. The minimum Gasteiger partial charge on any atom is -0.385 e. The minimum absolute atomic E-state index is 0.985. The van der Waals surface area contributed by atoms with Crippen LogP contribution in [0, 0.1) is 17.8 Å². The molecule has 2 aliphatic carbocycles. The van der Waals surface area contributed by atoms with Crippen molar-refractivity contribution in [2.24, 2.45) is 17.8 Å². The van der Waals surface area contributed by atoms with Crippen LogP contribution in [-0.4, -0.2) is 6.54 Å². The molecule has 4 rings (SSSR count). The molecule has 18 heavy (non-hydrogen) atoms. The van der Waals surface area contributed by atoms with E-state index in [0.717, 1.165) is 17.8 Å². The molecule has 3 aliphatic rings. The Labute approximate surface area is 110 Å². The molecule has 1 heteroatoms. The molecule has 0 aromatic heterocycles. The van der Waals surface area contributed by atoms with E-state index in [4.69, 9.17) is 0 Å². The van der Waals surface area contributed by atoms with E-state index < -0.39 is 0 Å². The zero-order chi connectivity index (χ0) is 11.9. The molecule has 3 atom stereocenters. The van der Waals surface area contributed by atoms with Gasteiger partial charge < -0.3 is 5.32 Å². The lowest BCUT2D eigenvalue weighted by molar-refractivity contribution is 0.331. The average Bonchev–Trinajstić information content (AvgIpc) is 3.01. The molecule has 1 aliphatic heterocycles. The van der Waals surface area contributed by atoms with Crippen molar-refractivity contribution in [3.63, 3.8) is 0 Å². The Morgan fingerprint density at radius 2 is 2.17 bits per heavy atom. The first-order valence-electron chi connectivity index (χ1n) is 7.75. The van der Waals surface area contributed by atoms with Crippen molar-refractivity contribution in [2.75, 3.05) is 11.9 Å². The van der Waals surface area contributed by atoms with Gasteiger partial charge in [-0.15, -0.1) is 0 Å². The minimum atomic E-state index is 0.985. The molecule has 2 fully saturated rings. The second kappa shape index (κ2) is 4.29. The third-order valence-corrected chi connectivity index (χ3v) is 5.53. The molecular formula is C17H23N. The van der Waals surface area contributed by atoms with Gasteiger partial charge in [-0.05, 0) is 67.4 Å². The molecular weight excluding hydrogens is 218 g/mol. The number of benzene rings is 1. The predicted octanol–water partition coefficient (Wildman–Crippen LogP) is 4.02. The van der Waals surface area contributed by atoms with Crippen molar-refractivity contribution in [2.45, 2.75) is 44.9 Å². The SMILES string of the molecule is c1cc2c(c(CC3CC4CCC3C4)c1)NCCC2. The number of anilines is 1. The van der Waals surface area contributed by atoms with Gasteiger partial charge in [0.15, 0.2) is 0 Å². The second-order valence-electron chi connectivity index (χ2n) is 6.62. The van der Waals surface area contributed by atoms with Crippen LogP contribution in [0.4, 0.5) is 5.69 Å². The second-order valence-corrected chi connectivity index (χ2v) is 6.62. The topological polar surface area (TPSA) is 12.0 Å². The van der Waals surface area contributed by atoms with Crippen molar-refractivity contribution in [1.82, 2.24) is 0 Å². The number of aryl methyl sites for hydroxylation is 1. The first-order valence-corrected chi connectivity index (χ1v) is 7.75. The third kappa shape index (κ3) is 1.75. The van der Waals surface area contributed by atoms with Crippen LogP contribution in [0.1, 0.15) is 43.2 Å². The normalized spacial score (nSPS) is 33.2. The predicted molar refractivity (Wildman–Crippen MR) is 75.9 cm³/mol. The quantitative estimate of drug-likeness (QED) is 0.824. The van der Waals surface area contributed by atoms with Gasteiger partial charge in [0.1, 0.15) is 0 Å². The van der Waals surface area contributed by atoms with Gasteiger partial charge in [0, 0.05) is 12.2 Å². The van der Waals surface area contributed by atoms with Gasteiger partial charge in [0.05, 0.1) is 0 Å². The van der Waals surface area contributed by atoms with Crippen molar-refractivity contribution >= 4 is 5.69 Å². The molecule has 1 nitrogen and oxygen atoms in total. The summed E-state index contributed by atoms with van der Waals surface area (Å²) in [4.78, 5) is 0. The molecule has 2 saturated carbocycles. The molecule has 0 spiro atoms. The maximum atomic E-state index is 3.65. The summed E-state index contributed by atoms with van der Waals surface area (Å²) in [6.07, 6.45) is 9.97. The summed E-state index contributed by atoms with van der Waals surface area (Å²) >= 11 is 0. The Hall–Kier alpha value is -0.980. The van der Waals surface area contributed by atoms with Gasteiger partial charge in [-0.3, -0.25) is 0 Å². The highest BCUT2D eigenvalue weighted by molar-refractivity contribution is 5.59. The van der Waals surface area contributed by atoms with Crippen LogP contribution in [0.15, 0.2) is 18.2 Å². The summed E-state index contributed by atoms with van der Waals surface area (Å²) < 4.78 is 0. The van der Waals surface area contributed by atoms with Crippen LogP contribution >= 0.6 is 0 Å². The zero-order valence-electron chi connectivity index (χ0n) is 11.1. The van der Waals surface area contributed by atoms with E-state index in [1.165, 1.54) is 57.2 Å². The van der Waals surface area contributed by atoms with Crippen LogP contribution in [0.25, 0.3) is 0 Å². The molecule has 1 aromatic carbocycles. The summed E-state index contributed by atoms with van der Waals surface area (Å²) in [5.41, 5.74) is 4.65. The monoisotopic (exact) mass is 241 g/mol. The van der Waals surface area contributed by atoms with Crippen LogP contribution in [-0.2, 0) is 12.8 Å². The van der Waals surface area contributed by atoms with Crippen molar-refractivity contribution in [1.29, 1.82) is 0 Å². The number of para-hydroxylation sites is 1. The zero-order valence-corrected chi connectivity index (χ0v) is 11.1. The molecule has 1 N–H and O–H groups in total. The van der Waals surface area contributed by atoms with E-state index in [9.17, 15) is 0 Å². The van der Waals surface area contributed by atoms with Crippen molar-refractivity contribution < 1.29 is 0 Å². The van der Waals surface area contributed by atoms with E-state index in [1.807, 2.05) is 0 Å². The lowest BCUT2D eigenvalue weighted by atomic mass is 9.83. The highest BCUT2D eigenvalue weighted by Crippen LogP contribution is 2.49. The van der Waals surface area contributed by atoms with Crippen LogP contribution in [0.2, 0.25) is 0 Å². The Morgan fingerprint density at radius 3 is 3.00 bits per heavy atom. The van der Waals surface area contributed by atoms with E-state index >= 15 is 0 Å². The summed E-state index contributed by atoms with van der Waals surface area (Å²) in [5, 5.41) is 3.65. The Bertz CT molecular complexity index is 451. The number of hydrogen-bond donors (Lipinski definition) is 1. The van der Waals surface area contributed by atoms with E-state index in [2.05, 4.69) is 23.5 Å². The molecule has 1 aromatic rings. The molecule has 0 radical (unpaired) electrons. The Morgan fingerprint density at radius 1 is 1.17 bits per heavy atom. The Balaban J connectivity index is 1.58. The fourth-order valence-corrected chi connectivity index (χ4v) is 4.66. The lowest BCUT2D eigenvalue weighted by Gasteiger charge is -2.26. The van der Waals surface area contributed by atoms with Gasteiger partial charge in [0.2, 0.25) is 0 Å². The number of rotatable bonds is 2. The van der Waals surface area contributed by atoms with Crippen LogP contribution < -0.4 is 5.32 Å². The van der Waals surface area contributed by atoms with Crippen molar-refractivity contribution in [3.8, 4) is 0 Å². The summed E-state index contributed by atoms with van der Waals surface area (Å²) in [6, 6.07) is 6.95. The standard InChI is InChI=1S/C17H23N/c1-3-13-5-2-8-18-17(13)15(4-1)11-16-10-12-6-7-14(16)9-12/h1,3-4,12,14,16,18H,2,5-11H2.